The molecule has 0 unspecified atom stereocenters. The first-order valence-corrected chi connectivity index (χ1v) is 11.5. The van der Waals surface area contributed by atoms with E-state index in [1.54, 1.807) is 0 Å². The third-order valence-electron chi connectivity index (χ3n) is 5.87. The van der Waals surface area contributed by atoms with Crippen LogP contribution in [-0.2, 0) is 25.0 Å². The molecule has 4 amide bonds. The normalized spacial score (nSPS) is 28.0. The lowest BCUT2D eigenvalue weighted by molar-refractivity contribution is -0.140. The minimum absolute atomic E-state index is 0.00574. The van der Waals surface area contributed by atoms with Gasteiger partial charge in [0.2, 0.25) is 5.91 Å². The van der Waals surface area contributed by atoms with Crippen molar-refractivity contribution in [3.8, 4) is 0 Å². The molecule has 0 bridgehead atoms. The summed E-state index contributed by atoms with van der Waals surface area (Å²) in [5.41, 5.74) is -2.19. The number of carbonyl (C=O) groups is 3. The Morgan fingerprint density at radius 3 is 2.53 bits per heavy atom. The molecule has 8 nitrogen and oxygen atoms in total. The molecule has 1 N–H and O–H groups in total. The van der Waals surface area contributed by atoms with Gasteiger partial charge >= 0.3 is 6.03 Å². The number of halogens is 2. The molecule has 0 radical (unpaired) electrons. The van der Waals surface area contributed by atoms with E-state index >= 15 is 0 Å². The van der Waals surface area contributed by atoms with Crippen molar-refractivity contribution in [2.24, 2.45) is 0 Å². The number of nitrogens with one attached hydrogen (secondary N) is 1. The van der Waals surface area contributed by atoms with Crippen LogP contribution in [0.3, 0.4) is 0 Å². The molecule has 1 aliphatic carbocycles. The highest BCUT2D eigenvalue weighted by Crippen LogP contribution is 2.34. The van der Waals surface area contributed by atoms with E-state index in [1.165, 1.54) is 11.8 Å². The molecular formula is C19H21F2N3O5S. The quantitative estimate of drug-likeness (QED) is 0.684. The zero-order valence-corrected chi connectivity index (χ0v) is 17.0. The van der Waals surface area contributed by atoms with Gasteiger partial charge in [0, 0.05) is 17.6 Å². The van der Waals surface area contributed by atoms with Crippen molar-refractivity contribution < 1.29 is 31.6 Å². The van der Waals surface area contributed by atoms with Gasteiger partial charge < -0.3 is 10.2 Å². The lowest BCUT2D eigenvalue weighted by Crippen LogP contribution is -2.49. The van der Waals surface area contributed by atoms with Gasteiger partial charge in [-0.2, -0.15) is 0 Å². The van der Waals surface area contributed by atoms with E-state index in [4.69, 9.17) is 0 Å². The average molecular weight is 441 g/mol. The van der Waals surface area contributed by atoms with Gasteiger partial charge in [0.05, 0.1) is 11.5 Å². The number of rotatable bonds is 5. The van der Waals surface area contributed by atoms with Gasteiger partial charge in [0.25, 0.3) is 5.91 Å². The summed E-state index contributed by atoms with van der Waals surface area (Å²) in [6, 6.07) is 1.10. The van der Waals surface area contributed by atoms with E-state index in [2.05, 4.69) is 5.32 Å². The molecule has 3 fully saturated rings. The average Bonchev–Trinajstić information content (AvgIpc) is 3.39. The molecule has 2 heterocycles. The summed E-state index contributed by atoms with van der Waals surface area (Å²) >= 11 is 0. The van der Waals surface area contributed by atoms with Crippen molar-refractivity contribution in [1.82, 2.24) is 15.1 Å². The van der Waals surface area contributed by atoms with Crippen LogP contribution >= 0.6 is 0 Å². The summed E-state index contributed by atoms with van der Waals surface area (Å²) in [4.78, 5) is 40.5. The van der Waals surface area contributed by atoms with Gasteiger partial charge in [-0.05, 0) is 44.4 Å². The van der Waals surface area contributed by atoms with Crippen LogP contribution in [0.2, 0.25) is 0 Å². The highest BCUT2D eigenvalue weighted by molar-refractivity contribution is 7.91. The van der Waals surface area contributed by atoms with Crippen molar-refractivity contribution in [3.05, 3.63) is 35.4 Å². The Labute approximate surface area is 172 Å². The van der Waals surface area contributed by atoms with Crippen LogP contribution in [0.1, 0.15) is 31.7 Å². The lowest BCUT2D eigenvalue weighted by Gasteiger charge is -2.30. The van der Waals surface area contributed by atoms with Gasteiger partial charge in [0.15, 0.2) is 9.84 Å². The van der Waals surface area contributed by atoms with Crippen molar-refractivity contribution >= 4 is 27.7 Å². The Morgan fingerprint density at radius 1 is 1.23 bits per heavy atom. The van der Waals surface area contributed by atoms with Gasteiger partial charge in [-0.3, -0.25) is 14.5 Å². The Hall–Kier alpha value is -2.56. The predicted octanol–water partition coefficient (Wildman–Crippen LogP) is 0.910. The summed E-state index contributed by atoms with van der Waals surface area (Å²) in [6.45, 7) is 0.655. The second-order valence-electron chi connectivity index (χ2n) is 8.16. The second kappa shape index (κ2) is 7.00. The monoisotopic (exact) mass is 441 g/mol. The number of carbonyl (C=O) groups excluding carboxylic acids is 3. The summed E-state index contributed by atoms with van der Waals surface area (Å²) < 4.78 is 51.5. The van der Waals surface area contributed by atoms with E-state index in [0.29, 0.717) is 11.3 Å². The van der Waals surface area contributed by atoms with Crippen LogP contribution in [-0.4, -0.2) is 66.2 Å². The molecule has 2 atom stereocenters. The molecule has 11 heteroatoms. The molecule has 1 saturated carbocycles. The number of nitrogens with zero attached hydrogens (tertiary/aromatic N) is 2. The number of imide groups is 1. The first-order valence-electron chi connectivity index (χ1n) is 9.63. The van der Waals surface area contributed by atoms with E-state index < -0.39 is 57.4 Å². The molecule has 2 saturated heterocycles. The van der Waals surface area contributed by atoms with Crippen molar-refractivity contribution in [2.45, 2.75) is 43.8 Å². The number of hydrogen-bond acceptors (Lipinski definition) is 5. The topological polar surface area (TPSA) is 104 Å². The summed E-state index contributed by atoms with van der Waals surface area (Å²) in [7, 11) is -3.22. The predicted molar refractivity (Wildman–Crippen MR) is 101 cm³/mol. The Bertz CT molecular complexity index is 1040. The third-order valence-corrected chi connectivity index (χ3v) is 7.62. The number of urea groups is 1. The number of sulfone groups is 1. The molecule has 1 aromatic carbocycles. The second-order valence-corrected chi connectivity index (χ2v) is 10.4. The van der Waals surface area contributed by atoms with Crippen LogP contribution in [0, 0.1) is 11.6 Å². The van der Waals surface area contributed by atoms with Crippen LogP contribution in [0.25, 0.3) is 0 Å². The fourth-order valence-corrected chi connectivity index (χ4v) is 5.88. The van der Waals surface area contributed by atoms with Gasteiger partial charge in [0.1, 0.15) is 23.7 Å². The number of benzene rings is 1. The lowest BCUT2D eigenvalue weighted by atomic mass is 9.91. The van der Waals surface area contributed by atoms with E-state index in [-0.39, 0.29) is 23.1 Å². The van der Waals surface area contributed by atoms with Crippen molar-refractivity contribution in [2.75, 3.05) is 18.1 Å². The fourth-order valence-electron chi connectivity index (χ4n) is 4.17. The summed E-state index contributed by atoms with van der Waals surface area (Å²) in [6.07, 6.45) is 1.78. The number of hydrogen-bond donors (Lipinski definition) is 1. The maximum absolute atomic E-state index is 14.3. The Balaban J connectivity index is 1.56. The minimum atomic E-state index is -3.22. The van der Waals surface area contributed by atoms with Crippen LogP contribution in [0.15, 0.2) is 18.2 Å². The molecular weight excluding hydrogens is 420 g/mol. The van der Waals surface area contributed by atoms with E-state index in [1.807, 2.05) is 0 Å². The highest BCUT2D eigenvalue weighted by atomic mass is 32.2. The van der Waals surface area contributed by atoms with E-state index in [0.717, 1.165) is 31.0 Å². The minimum Gasteiger partial charge on any atom is -0.334 e. The molecule has 3 aliphatic rings. The Kier molecular flexibility index (Phi) is 4.83. The van der Waals surface area contributed by atoms with Crippen LogP contribution < -0.4 is 5.32 Å². The molecule has 30 heavy (non-hydrogen) atoms. The van der Waals surface area contributed by atoms with Gasteiger partial charge in [-0.15, -0.1) is 0 Å². The maximum atomic E-state index is 14.3. The summed E-state index contributed by atoms with van der Waals surface area (Å²) in [5.74, 6) is -3.19. The molecule has 0 spiro atoms. The standard InChI is InChI=1S/C19H21F2N3O5S/c1-19(14-8-11(20)2-5-15(14)21)17(26)23(18(27)22-19)9-16(25)24(12-3-4-12)13-6-7-30(28,29)10-13/h2,5,8,12-13H,3-4,6-7,9-10H2,1H3,(H,22,27)/t13-,19-/m0/s1. The van der Waals surface area contributed by atoms with Gasteiger partial charge in [-0.1, -0.05) is 0 Å². The SMILES string of the molecule is C[C@@]1(c2cc(F)ccc2F)NC(=O)N(CC(=O)N(C2CC2)[C@H]2CCS(=O)(=O)C2)C1=O. The highest BCUT2D eigenvalue weighted by Gasteiger charge is 2.52. The van der Waals surface area contributed by atoms with Gasteiger partial charge in [-0.25, -0.2) is 22.0 Å². The van der Waals surface area contributed by atoms with Crippen LogP contribution in [0.4, 0.5) is 13.6 Å². The van der Waals surface area contributed by atoms with Crippen molar-refractivity contribution in [1.29, 1.82) is 0 Å². The molecule has 0 aromatic heterocycles. The van der Waals surface area contributed by atoms with E-state index in [9.17, 15) is 31.6 Å². The zero-order valence-electron chi connectivity index (χ0n) is 16.2. The summed E-state index contributed by atoms with van der Waals surface area (Å²) in [5, 5.41) is 2.35. The first-order chi connectivity index (χ1) is 14.0. The third kappa shape index (κ3) is 3.55. The largest absolute Gasteiger partial charge is 0.334 e. The zero-order chi connectivity index (χ0) is 21.8. The molecule has 1 aromatic rings. The smallest absolute Gasteiger partial charge is 0.325 e. The maximum Gasteiger partial charge on any atom is 0.325 e. The molecule has 162 valence electrons. The molecule has 2 aliphatic heterocycles. The van der Waals surface area contributed by atoms with Crippen LogP contribution in [0.5, 0.6) is 0 Å². The van der Waals surface area contributed by atoms with Crippen molar-refractivity contribution in [3.63, 3.8) is 0 Å². The first kappa shape index (κ1) is 20.7. The Morgan fingerprint density at radius 2 is 1.93 bits per heavy atom. The molecule has 4 rings (SSSR count). The number of amides is 4. The fraction of sp³-hybridized carbons (Fsp3) is 0.526.